The first-order valence-electron chi connectivity index (χ1n) is 7.19. The number of nitrogens with one attached hydrogen (secondary N) is 1. The molecule has 0 radical (unpaired) electrons. The molecule has 1 aromatic rings. The Labute approximate surface area is 125 Å². The van der Waals surface area contributed by atoms with Crippen molar-refractivity contribution in [1.82, 2.24) is 5.32 Å². The van der Waals surface area contributed by atoms with Gasteiger partial charge in [-0.3, -0.25) is 0 Å². The van der Waals surface area contributed by atoms with E-state index < -0.39 is 11.8 Å². The minimum atomic E-state index is -0.662. The Bertz CT molecular complexity index is 449. The van der Waals surface area contributed by atoms with Crippen molar-refractivity contribution in [3.05, 3.63) is 35.1 Å². The lowest BCUT2D eigenvalue weighted by Crippen LogP contribution is -2.20. The second kappa shape index (κ2) is 9.47. The molecule has 5 heteroatoms. The van der Waals surface area contributed by atoms with Crippen LogP contribution in [-0.4, -0.2) is 32.8 Å². The molecule has 118 valence electrons. The molecule has 1 aromatic carbocycles. The van der Waals surface area contributed by atoms with Crippen molar-refractivity contribution in [2.24, 2.45) is 5.92 Å². The van der Waals surface area contributed by atoms with Gasteiger partial charge < -0.3 is 14.8 Å². The Morgan fingerprint density at radius 2 is 2.10 bits per heavy atom. The third-order valence-electron chi connectivity index (χ3n) is 3.03. The summed E-state index contributed by atoms with van der Waals surface area (Å²) in [5.74, 6) is -0.575. The minimum absolute atomic E-state index is 0.0433. The van der Waals surface area contributed by atoms with Crippen LogP contribution in [0.15, 0.2) is 18.2 Å². The summed E-state index contributed by atoms with van der Waals surface area (Å²) in [5, 5.41) is 3.17. The van der Waals surface area contributed by atoms with Gasteiger partial charge in [-0.05, 0) is 30.0 Å². The highest BCUT2D eigenvalue weighted by atomic mass is 19.1. The normalized spacial score (nSPS) is 10.9. The lowest BCUT2D eigenvalue weighted by Gasteiger charge is -2.08. The highest BCUT2D eigenvalue weighted by Gasteiger charge is 2.11. The molecule has 0 unspecified atom stereocenters. The van der Waals surface area contributed by atoms with Gasteiger partial charge in [0.25, 0.3) is 0 Å². The van der Waals surface area contributed by atoms with Crippen LogP contribution >= 0.6 is 0 Å². The SMILES string of the molecule is COC(=O)c1ccc(CNCCOCCC(C)C)cc1F. The van der Waals surface area contributed by atoms with Crippen molar-refractivity contribution in [3.63, 3.8) is 0 Å². The van der Waals surface area contributed by atoms with Crippen LogP contribution < -0.4 is 5.32 Å². The number of esters is 1. The largest absolute Gasteiger partial charge is 0.465 e. The maximum absolute atomic E-state index is 13.7. The number of rotatable bonds is 9. The van der Waals surface area contributed by atoms with Gasteiger partial charge in [0.15, 0.2) is 0 Å². The standard InChI is InChI=1S/C16H24FNO3/c1-12(2)6-8-21-9-7-18-11-13-4-5-14(15(17)10-13)16(19)20-3/h4-5,10,12,18H,6-9,11H2,1-3H3. The van der Waals surface area contributed by atoms with Gasteiger partial charge in [-0.15, -0.1) is 0 Å². The lowest BCUT2D eigenvalue weighted by atomic mass is 10.1. The summed E-state index contributed by atoms with van der Waals surface area (Å²) in [6.45, 7) is 6.96. The van der Waals surface area contributed by atoms with E-state index in [1.54, 1.807) is 6.07 Å². The number of ether oxygens (including phenoxy) is 2. The molecule has 0 spiro atoms. The average molecular weight is 297 g/mol. The maximum atomic E-state index is 13.7. The van der Waals surface area contributed by atoms with Gasteiger partial charge in [0.05, 0.1) is 19.3 Å². The predicted molar refractivity (Wildman–Crippen MR) is 79.7 cm³/mol. The van der Waals surface area contributed by atoms with E-state index in [9.17, 15) is 9.18 Å². The molecule has 0 atom stereocenters. The molecule has 1 N–H and O–H groups in total. The van der Waals surface area contributed by atoms with E-state index in [0.29, 0.717) is 25.6 Å². The Morgan fingerprint density at radius 1 is 1.33 bits per heavy atom. The summed E-state index contributed by atoms with van der Waals surface area (Å²) >= 11 is 0. The summed E-state index contributed by atoms with van der Waals surface area (Å²) < 4.78 is 23.7. The lowest BCUT2D eigenvalue weighted by molar-refractivity contribution is 0.0595. The fraction of sp³-hybridized carbons (Fsp3) is 0.562. The molecular formula is C16H24FNO3. The summed E-state index contributed by atoms with van der Waals surface area (Å²) in [4.78, 5) is 11.3. The van der Waals surface area contributed by atoms with E-state index >= 15 is 0 Å². The van der Waals surface area contributed by atoms with Crippen LogP contribution in [0.1, 0.15) is 36.2 Å². The molecule has 0 heterocycles. The van der Waals surface area contributed by atoms with Gasteiger partial charge in [0.1, 0.15) is 5.82 Å². The minimum Gasteiger partial charge on any atom is -0.465 e. The molecule has 0 aliphatic rings. The van der Waals surface area contributed by atoms with Crippen molar-refractivity contribution in [1.29, 1.82) is 0 Å². The molecule has 21 heavy (non-hydrogen) atoms. The monoisotopic (exact) mass is 297 g/mol. The average Bonchev–Trinajstić information content (AvgIpc) is 2.45. The van der Waals surface area contributed by atoms with Crippen LogP contribution in [0.4, 0.5) is 4.39 Å². The smallest absolute Gasteiger partial charge is 0.340 e. The van der Waals surface area contributed by atoms with Crippen LogP contribution in [0.2, 0.25) is 0 Å². The van der Waals surface area contributed by atoms with Crippen LogP contribution in [0.5, 0.6) is 0 Å². The Morgan fingerprint density at radius 3 is 2.71 bits per heavy atom. The van der Waals surface area contributed by atoms with Crippen molar-refractivity contribution in [2.75, 3.05) is 26.9 Å². The number of benzene rings is 1. The number of hydrogen-bond donors (Lipinski definition) is 1. The van der Waals surface area contributed by atoms with Crippen molar-refractivity contribution >= 4 is 5.97 Å². The van der Waals surface area contributed by atoms with Crippen LogP contribution in [0.25, 0.3) is 0 Å². The van der Waals surface area contributed by atoms with E-state index in [1.807, 2.05) is 0 Å². The molecule has 0 bridgehead atoms. The van der Waals surface area contributed by atoms with Gasteiger partial charge in [0.2, 0.25) is 0 Å². The second-order valence-corrected chi connectivity index (χ2v) is 5.28. The number of hydrogen-bond acceptors (Lipinski definition) is 4. The number of methoxy groups -OCH3 is 1. The van der Waals surface area contributed by atoms with Crippen molar-refractivity contribution in [2.45, 2.75) is 26.8 Å². The molecule has 1 rings (SSSR count). The summed E-state index contributed by atoms with van der Waals surface area (Å²) in [7, 11) is 1.23. The summed E-state index contributed by atoms with van der Waals surface area (Å²) in [6.07, 6.45) is 1.06. The van der Waals surface area contributed by atoms with E-state index in [-0.39, 0.29) is 5.56 Å². The summed E-state index contributed by atoms with van der Waals surface area (Å²) in [6, 6.07) is 4.50. The van der Waals surface area contributed by atoms with E-state index in [0.717, 1.165) is 18.6 Å². The first-order chi connectivity index (χ1) is 10.0. The zero-order valence-corrected chi connectivity index (χ0v) is 12.9. The number of carbonyl (C=O) groups is 1. The summed E-state index contributed by atoms with van der Waals surface area (Å²) in [5.41, 5.74) is 0.737. The second-order valence-electron chi connectivity index (χ2n) is 5.28. The van der Waals surface area contributed by atoms with Crippen LogP contribution in [0.3, 0.4) is 0 Å². The first kappa shape index (κ1) is 17.6. The predicted octanol–water partition coefficient (Wildman–Crippen LogP) is 2.76. The Balaban J connectivity index is 2.27. The molecule has 0 fully saturated rings. The van der Waals surface area contributed by atoms with E-state index in [2.05, 4.69) is 23.9 Å². The van der Waals surface area contributed by atoms with Crippen molar-refractivity contribution in [3.8, 4) is 0 Å². The quantitative estimate of drug-likeness (QED) is 0.562. The highest BCUT2D eigenvalue weighted by molar-refractivity contribution is 5.89. The first-order valence-corrected chi connectivity index (χ1v) is 7.19. The van der Waals surface area contributed by atoms with Crippen LogP contribution in [-0.2, 0) is 16.0 Å². The van der Waals surface area contributed by atoms with Gasteiger partial charge >= 0.3 is 5.97 Å². The molecule has 0 aliphatic heterocycles. The molecular weight excluding hydrogens is 273 g/mol. The maximum Gasteiger partial charge on any atom is 0.340 e. The number of halogens is 1. The fourth-order valence-corrected chi connectivity index (χ4v) is 1.74. The van der Waals surface area contributed by atoms with Gasteiger partial charge in [-0.25, -0.2) is 9.18 Å². The molecule has 0 aliphatic carbocycles. The highest BCUT2D eigenvalue weighted by Crippen LogP contribution is 2.11. The van der Waals surface area contributed by atoms with E-state index in [4.69, 9.17) is 4.74 Å². The Kier molecular flexibility index (Phi) is 7.93. The molecule has 0 aromatic heterocycles. The number of carbonyl (C=O) groups excluding carboxylic acids is 1. The molecule has 0 saturated carbocycles. The molecule has 0 saturated heterocycles. The zero-order chi connectivity index (χ0) is 15.7. The fourth-order valence-electron chi connectivity index (χ4n) is 1.74. The van der Waals surface area contributed by atoms with Crippen LogP contribution in [0, 0.1) is 11.7 Å². The van der Waals surface area contributed by atoms with Gasteiger partial charge in [-0.1, -0.05) is 19.9 Å². The topological polar surface area (TPSA) is 47.6 Å². The van der Waals surface area contributed by atoms with Gasteiger partial charge in [-0.2, -0.15) is 0 Å². The third kappa shape index (κ3) is 6.69. The van der Waals surface area contributed by atoms with Crippen molar-refractivity contribution < 1.29 is 18.7 Å². The third-order valence-corrected chi connectivity index (χ3v) is 3.03. The zero-order valence-electron chi connectivity index (χ0n) is 12.9. The van der Waals surface area contributed by atoms with E-state index in [1.165, 1.54) is 19.2 Å². The Hall–Kier alpha value is -1.46. The molecule has 0 amide bonds. The van der Waals surface area contributed by atoms with Gasteiger partial charge in [0, 0.05) is 19.7 Å². The molecule has 4 nitrogen and oxygen atoms in total.